The largest absolute Gasteiger partial charge is 0.388 e. The van der Waals surface area contributed by atoms with Gasteiger partial charge in [-0.25, -0.2) is 0 Å². The van der Waals surface area contributed by atoms with Gasteiger partial charge in [-0.1, -0.05) is 48.0 Å². The van der Waals surface area contributed by atoms with Crippen LogP contribution in [0.25, 0.3) is 22.5 Å². The molecule has 21 heavy (non-hydrogen) atoms. The number of hydrogen-bond donors (Lipinski definition) is 2. The Bertz CT molecular complexity index is 822. The summed E-state index contributed by atoms with van der Waals surface area (Å²) >= 11 is 0. The Balaban J connectivity index is 2.06. The average molecular weight is 277 g/mol. The van der Waals surface area contributed by atoms with Gasteiger partial charge in [-0.3, -0.25) is 0 Å². The second-order valence-corrected chi connectivity index (χ2v) is 5.49. The zero-order valence-corrected chi connectivity index (χ0v) is 11.7. The van der Waals surface area contributed by atoms with Gasteiger partial charge in [0.25, 0.3) is 0 Å². The van der Waals surface area contributed by atoms with E-state index in [0.717, 1.165) is 39.2 Å². The Hall–Kier alpha value is -2.46. The van der Waals surface area contributed by atoms with E-state index in [1.807, 2.05) is 49.4 Å². The fraction of sp³-hybridized carbons (Fsp3) is 0.176. The summed E-state index contributed by atoms with van der Waals surface area (Å²) in [5.74, 6) is 0. The molecule has 0 bridgehead atoms. The predicted octanol–water partition coefficient (Wildman–Crippen LogP) is 3.04. The summed E-state index contributed by atoms with van der Waals surface area (Å²) in [4.78, 5) is 0. The molecular formula is C17H15N3O. The molecule has 0 saturated heterocycles. The van der Waals surface area contributed by atoms with Crippen LogP contribution in [0.15, 0.2) is 42.5 Å². The number of fused-ring (bicyclic) bond motifs is 5. The Morgan fingerprint density at radius 1 is 1.05 bits per heavy atom. The molecule has 4 heteroatoms. The predicted molar refractivity (Wildman–Crippen MR) is 80.7 cm³/mol. The number of benzene rings is 2. The lowest BCUT2D eigenvalue weighted by molar-refractivity contribution is 0.179. The van der Waals surface area contributed by atoms with Gasteiger partial charge in [0.05, 0.1) is 6.10 Å². The highest BCUT2D eigenvalue weighted by Crippen LogP contribution is 2.39. The van der Waals surface area contributed by atoms with E-state index < -0.39 is 6.10 Å². The van der Waals surface area contributed by atoms with Crippen LogP contribution in [0.1, 0.15) is 22.8 Å². The zero-order valence-electron chi connectivity index (χ0n) is 11.7. The zero-order chi connectivity index (χ0) is 14.4. The highest BCUT2D eigenvalue weighted by molar-refractivity contribution is 5.82. The number of aryl methyl sites for hydroxylation is 1. The molecule has 1 aliphatic rings. The third kappa shape index (κ3) is 1.87. The molecule has 1 aromatic heterocycles. The van der Waals surface area contributed by atoms with Crippen LogP contribution in [0.2, 0.25) is 0 Å². The maximum atomic E-state index is 10.6. The van der Waals surface area contributed by atoms with E-state index in [1.165, 1.54) is 0 Å². The number of aliphatic hydroxyl groups is 1. The fourth-order valence-corrected chi connectivity index (χ4v) is 3.03. The minimum Gasteiger partial charge on any atom is -0.388 e. The smallest absolute Gasteiger partial charge is 0.121 e. The summed E-state index contributed by atoms with van der Waals surface area (Å²) in [7, 11) is 0. The molecule has 104 valence electrons. The summed E-state index contributed by atoms with van der Waals surface area (Å²) in [5.41, 5.74) is 6.77. The van der Waals surface area contributed by atoms with E-state index in [9.17, 15) is 5.11 Å². The summed E-state index contributed by atoms with van der Waals surface area (Å²) in [5, 5.41) is 22.0. The number of nitrogens with one attached hydrogen (secondary N) is 1. The van der Waals surface area contributed by atoms with E-state index in [2.05, 4.69) is 15.4 Å². The maximum Gasteiger partial charge on any atom is 0.121 e. The molecule has 0 spiro atoms. The highest BCUT2D eigenvalue weighted by Gasteiger charge is 2.25. The number of aromatic nitrogens is 3. The lowest BCUT2D eigenvalue weighted by Gasteiger charge is -2.20. The second kappa shape index (κ2) is 4.53. The first-order valence-electron chi connectivity index (χ1n) is 7.02. The van der Waals surface area contributed by atoms with Crippen molar-refractivity contribution in [3.8, 4) is 22.5 Å². The van der Waals surface area contributed by atoms with Crippen LogP contribution in [-0.4, -0.2) is 20.5 Å². The van der Waals surface area contributed by atoms with E-state index >= 15 is 0 Å². The van der Waals surface area contributed by atoms with Crippen molar-refractivity contribution in [3.05, 3.63) is 59.2 Å². The molecule has 2 N–H and O–H groups in total. The molecule has 0 fully saturated rings. The lowest BCUT2D eigenvalue weighted by atomic mass is 9.87. The Morgan fingerprint density at radius 3 is 2.67 bits per heavy atom. The van der Waals surface area contributed by atoms with E-state index in [0.29, 0.717) is 6.42 Å². The third-order valence-corrected chi connectivity index (χ3v) is 4.05. The molecule has 4 rings (SSSR count). The molecule has 4 nitrogen and oxygen atoms in total. The minimum absolute atomic E-state index is 0.536. The summed E-state index contributed by atoms with van der Waals surface area (Å²) in [6.45, 7) is 2.03. The van der Waals surface area contributed by atoms with Crippen molar-refractivity contribution in [3.63, 3.8) is 0 Å². The number of nitrogens with zero attached hydrogens (tertiary/aromatic N) is 2. The number of H-pyrrole nitrogens is 1. The molecule has 1 unspecified atom stereocenters. The van der Waals surface area contributed by atoms with Gasteiger partial charge in [0.2, 0.25) is 0 Å². The first-order chi connectivity index (χ1) is 10.2. The summed E-state index contributed by atoms with van der Waals surface area (Å²) < 4.78 is 0. The molecule has 1 heterocycles. The third-order valence-electron chi connectivity index (χ3n) is 4.05. The van der Waals surface area contributed by atoms with Crippen molar-refractivity contribution in [2.45, 2.75) is 19.4 Å². The molecule has 0 amide bonds. The van der Waals surface area contributed by atoms with Crippen LogP contribution in [0.3, 0.4) is 0 Å². The SMILES string of the molecule is Cc1ccc2c(c1)C(O)Cc1ccccc1-c1n[nH]nc1-2. The highest BCUT2D eigenvalue weighted by atomic mass is 16.3. The van der Waals surface area contributed by atoms with E-state index in [4.69, 9.17) is 0 Å². The van der Waals surface area contributed by atoms with Crippen LogP contribution >= 0.6 is 0 Å². The van der Waals surface area contributed by atoms with Crippen molar-refractivity contribution < 1.29 is 5.11 Å². The fourth-order valence-electron chi connectivity index (χ4n) is 3.03. The maximum absolute atomic E-state index is 10.6. The number of hydrogen-bond acceptors (Lipinski definition) is 3. The lowest BCUT2D eigenvalue weighted by Crippen LogP contribution is -2.08. The quantitative estimate of drug-likeness (QED) is 0.664. The topological polar surface area (TPSA) is 61.8 Å². The van der Waals surface area contributed by atoms with Crippen LogP contribution < -0.4 is 0 Å². The Labute approximate surface area is 122 Å². The van der Waals surface area contributed by atoms with Crippen LogP contribution in [-0.2, 0) is 6.42 Å². The van der Waals surface area contributed by atoms with Gasteiger partial charge < -0.3 is 5.11 Å². The summed E-state index contributed by atoms with van der Waals surface area (Å²) in [6, 6.07) is 14.1. The van der Waals surface area contributed by atoms with Gasteiger partial charge in [0.1, 0.15) is 11.4 Å². The molecule has 0 saturated carbocycles. The number of aliphatic hydroxyl groups excluding tert-OH is 1. The van der Waals surface area contributed by atoms with E-state index in [1.54, 1.807) is 0 Å². The van der Waals surface area contributed by atoms with Gasteiger partial charge in [0, 0.05) is 17.5 Å². The molecule has 2 aromatic carbocycles. The van der Waals surface area contributed by atoms with Crippen LogP contribution in [0.5, 0.6) is 0 Å². The van der Waals surface area contributed by atoms with Crippen molar-refractivity contribution in [2.75, 3.05) is 0 Å². The first-order valence-corrected chi connectivity index (χ1v) is 7.02. The molecule has 0 radical (unpaired) electrons. The molecule has 1 aliphatic carbocycles. The van der Waals surface area contributed by atoms with Crippen molar-refractivity contribution in [2.24, 2.45) is 0 Å². The summed E-state index contributed by atoms with van der Waals surface area (Å²) in [6.07, 6.45) is 0.0461. The normalized spacial score (nSPS) is 16.4. The Morgan fingerprint density at radius 2 is 1.81 bits per heavy atom. The van der Waals surface area contributed by atoms with Gasteiger partial charge in [0.15, 0.2) is 0 Å². The van der Waals surface area contributed by atoms with Crippen LogP contribution in [0.4, 0.5) is 0 Å². The first kappa shape index (κ1) is 12.3. The standard InChI is InChI=1S/C17H15N3O/c1-10-6-7-13-14(8-10)15(21)9-11-4-2-3-5-12(11)16-17(13)19-20-18-16/h2-8,15,21H,9H2,1H3,(H,18,19,20). The number of rotatable bonds is 0. The minimum atomic E-state index is -0.536. The monoisotopic (exact) mass is 277 g/mol. The van der Waals surface area contributed by atoms with Gasteiger partial charge in [-0.05, 0) is 18.1 Å². The van der Waals surface area contributed by atoms with Gasteiger partial charge in [-0.2, -0.15) is 15.4 Å². The molecular weight excluding hydrogens is 262 g/mol. The van der Waals surface area contributed by atoms with E-state index in [-0.39, 0.29) is 0 Å². The average Bonchev–Trinajstić information content (AvgIpc) is 2.95. The van der Waals surface area contributed by atoms with Crippen molar-refractivity contribution >= 4 is 0 Å². The van der Waals surface area contributed by atoms with Gasteiger partial charge >= 0.3 is 0 Å². The van der Waals surface area contributed by atoms with Crippen molar-refractivity contribution in [1.29, 1.82) is 0 Å². The van der Waals surface area contributed by atoms with Gasteiger partial charge in [-0.15, -0.1) is 0 Å². The molecule has 3 aromatic rings. The Kier molecular flexibility index (Phi) is 2.65. The second-order valence-electron chi connectivity index (χ2n) is 5.49. The molecule has 1 atom stereocenters. The van der Waals surface area contributed by atoms with Crippen LogP contribution in [0, 0.1) is 6.92 Å². The van der Waals surface area contributed by atoms with Crippen molar-refractivity contribution in [1.82, 2.24) is 15.4 Å². The number of aromatic amines is 1. The molecule has 0 aliphatic heterocycles.